The topological polar surface area (TPSA) is 101 Å². The summed E-state index contributed by atoms with van der Waals surface area (Å²) in [6.07, 6.45) is 3.35. The van der Waals surface area contributed by atoms with Crippen LogP contribution in [0, 0.1) is 5.41 Å². The van der Waals surface area contributed by atoms with E-state index in [0.717, 1.165) is 25.8 Å². The molecule has 3 rings (SSSR count). The first-order chi connectivity index (χ1) is 13.4. The van der Waals surface area contributed by atoms with Crippen molar-refractivity contribution in [1.82, 2.24) is 25.3 Å². The highest BCUT2D eigenvalue weighted by Crippen LogP contribution is 2.38. The maximum Gasteiger partial charge on any atom is 0.317 e. The second kappa shape index (κ2) is 8.89. The van der Waals surface area contributed by atoms with Gasteiger partial charge < -0.3 is 24.4 Å². The molecule has 0 bridgehead atoms. The lowest BCUT2D eigenvalue weighted by Gasteiger charge is -2.48. The largest absolute Gasteiger partial charge is 0.383 e. The Morgan fingerprint density at radius 2 is 2.18 bits per heavy atom. The summed E-state index contributed by atoms with van der Waals surface area (Å²) in [6.45, 7) is 7.43. The zero-order valence-electron chi connectivity index (χ0n) is 17.1. The summed E-state index contributed by atoms with van der Waals surface area (Å²) >= 11 is 0. The molecule has 2 fully saturated rings. The van der Waals surface area contributed by atoms with Crippen molar-refractivity contribution in [3.63, 3.8) is 0 Å². The third-order valence-electron chi connectivity index (χ3n) is 5.65. The normalized spacial score (nSPS) is 22.9. The summed E-state index contributed by atoms with van der Waals surface area (Å²) in [5, 5.41) is 6.80. The number of piperidine rings is 2. The molecule has 156 valence electrons. The Morgan fingerprint density at radius 1 is 1.36 bits per heavy atom. The molecule has 0 saturated carbocycles. The van der Waals surface area contributed by atoms with Gasteiger partial charge in [-0.15, -0.1) is 0 Å². The van der Waals surface area contributed by atoms with Gasteiger partial charge in [0.2, 0.25) is 11.8 Å². The fourth-order valence-electron chi connectivity index (χ4n) is 4.06. The number of methoxy groups -OCH3 is 1. The fourth-order valence-corrected chi connectivity index (χ4v) is 4.06. The summed E-state index contributed by atoms with van der Waals surface area (Å²) in [5.74, 6) is 1.42. The van der Waals surface area contributed by atoms with E-state index in [1.54, 1.807) is 7.11 Å². The highest BCUT2D eigenvalue weighted by atomic mass is 16.5. The van der Waals surface area contributed by atoms with E-state index in [9.17, 15) is 9.59 Å². The van der Waals surface area contributed by atoms with Crippen LogP contribution in [0.1, 0.15) is 57.2 Å². The molecule has 0 unspecified atom stereocenters. The smallest absolute Gasteiger partial charge is 0.317 e. The Kier molecular flexibility index (Phi) is 6.53. The minimum atomic E-state index is -0.122. The summed E-state index contributed by atoms with van der Waals surface area (Å²) in [5.41, 5.74) is -0.0213. The number of likely N-dealkylation sites (tertiary alicyclic amines) is 2. The van der Waals surface area contributed by atoms with E-state index in [1.165, 1.54) is 0 Å². The van der Waals surface area contributed by atoms with Crippen molar-refractivity contribution in [3.8, 4) is 0 Å². The lowest BCUT2D eigenvalue weighted by Crippen LogP contribution is -2.56. The first-order valence-corrected chi connectivity index (χ1v) is 10.0. The molecule has 3 heterocycles. The highest BCUT2D eigenvalue weighted by molar-refractivity contribution is 5.77. The molecule has 1 aromatic rings. The number of rotatable bonds is 6. The van der Waals surface area contributed by atoms with Crippen LogP contribution < -0.4 is 5.32 Å². The van der Waals surface area contributed by atoms with Gasteiger partial charge in [0.15, 0.2) is 5.82 Å². The summed E-state index contributed by atoms with van der Waals surface area (Å²) in [6, 6.07) is -0.122. The summed E-state index contributed by atoms with van der Waals surface area (Å²) < 4.78 is 10.3. The van der Waals surface area contributed by atoms with Crippen LogP contribution in [0.2, 0.25) is 0 Å². The maximum atomic E-state index is 12.7. The van der Waals surface area contributed by atoms with E-state index in [1.807, 2.05) is 23.6 Å². The number of carbonyl (C=O) groups is 2. The summed E-state index contributed by atoms with van der Waals surface area (Å²) in [7, 11) is 1.64. The molecule has 1 atom stereocenters. The zero-order valence-corrected chi connectivity index (χ0v) is 17.1. The van der Waals surface area contributed by atoms with Gasteiger partial charge in [0.1, 0.15) is 0 Å². The van der Waals surface area contributed by atoms with Gasteiger partial charge in [0.25, 0.3) is 0 Å². The van der Waals surface area contributed by atoms with Crippen molar-refractivity contribution in [2.75, 3.05) is 39.9 Å². The molecule has 0 radical (unpaired) electrons. The first kappa shape index (κ1) is 20.6. The van der Waals surface area contributed by atoms with Gasteiger partial charge in [0.05, 0.1) is 13.2 Å². The van der Waals surface area contributed by atoms with E-state index in [2.05, 4.69) is 15.5 Å². The number of urea groups is 1. The lowest BCUT2D eigenvalue weighted by molar-refractivity contribution is -0.139. The number of aromatic nitrogens is 2. The number of hydrogen-bond donors (Lipinski definition) is 1. The predicted molar refractivity (Wildman–Crippen MR) is 102 cm³/mol. The predicted octanol–water partition coefficient (Wildman–Crippen LogP) is 1.75. The van der Waals surface area contributed by atoms with Crippen molar-refractivity contribution in [2.45, 2.75) is 52.0 Å². The molecule has 3 amide bonds. The van der Waals surface area contributed by atoms with Gasteiger partial charge in [-0.3, -0.25) is 4.79 Å². The average molecular weight is 393 g/mol. The molecular formula is C19H31N5O4. The molecule has 1 spiro atoms. The van der Waals surface area contributed by atoms with Gasteiger partial charge in [-0.25, -0.2) is 4.79 Å². The van der Waals surface area contributed by atoms with E-state index >= 15 is 0 Å². The number of carbonyl (C=O) groups excluding carboxylic acids is 2. The minimum absolute atomic E-state index is 0.0213. The fraction of sp³-hybridized carbons (Fsp3) is 0.789. The Hall–Kier alpha value is -2.16. The number of ether oxygens (including phenoxy) is 1. The number of nitrogens with zero attached hydrogens (tertiary/aromatic N) is 4. The number of amides is 3. The Labute approximate surface area is 165 Å². The van der Waals surface area contributed by atoms with E-state index in [0.29, 0.717) is 44.4 Å². The Morgan fingerprint density at radius 3 is 2.89 bits per heavy atom. The molecule has 1 N–H and O–H groups in total. The Bertz CT molecular complexity index is 692. The van der Waals surface area contributed by atoms with Gasteiger partial charge in [0, 0.05) is 51.0 Å². The SMILES string of the molecule is COCCN1C[C@]2(CCCN(C(=O)NCc3nc(C(C)C)no3)C2)CCC1=O. The number of nitrogens with one attached hydrogen (secondary N) is 1. The van der Waals surface area contributed by atoms with E-state index in [-0.39, 0.29) is 29.8 Å². The quantitative estimate of drug-likeness (QED) is 0.790. The van der Waals surface area contributed by atoms with Crippen LogP contribution in [-0.4, -0.2) is 71.8 Å². The van der Waals surface area contributed by atoms with Crippen LogP contribution in [0.15, 0.2) is 4.52 Å². The van der Waals surface area contributed by atoms with Crippen molar-refractivity contribution in [2.24, 2.45) is 5.41 Å². The maximum absolute atomic E-state index is 12.7. The monoisotopic (exact) mass is 393 g/mol. The molecule has 2 aliphatic rings. The van der Waals surface area contributed by atoms with Gasteiger partial charge in [-0.1, -0.05) is 19.0 Å². The Balaban J connectivity index is 1.56. The second-order valence-electron chi connectivity index (χ2n) is 8.19. The third kappa shape index (κ3) is 4.81. The molecule has 0 aliphatic carbocycles. The molecule has 9 heteroatoms. The molecular weight excluding hydrogens is 362 g/mol. The van der Waals surface area contributed by atoms with Crippen molar-refractivity contribution in [1.29, 1.82) is 0 Å². The van der Waals surface area contributed by atoms with Crippen molar-refractivity contribution >= 4 is 11.9 Å². The van der Waals surface area contributed by atoms with Crippen molar-refractivity contribution < 1.29 is 18.8 Å². The first-order valence-electron chi connectivity index (χ1n) is 10.0. The molecule has 9 nitrogen and oxygen atoms in total. The van der Waals surface area contributed by atoms with Crippen LogP contribution >= 0.6 is 0 Å². The molecule has 2 saturated heterocycles. The standard InChI is InChI=1S/C19H31N5O4/c1-14(2)17-21-15(28-22-17)11-20-18(26)24-8-4-6-19(13-24)7-5-16(25)23(12-19)9-10-27-3/h14H,4-13H2,1-3H3,(H,20,26)/t19-/m0/s1. The molecule has 2 aliphatic heterocycles. The van der Waals surface area contributed by atoms with Crippen LogP contribution in [0.3, 0.4) is 0 Å². The number of hydrogen-bond acceptors (Lipinski definition) is 6. The summed E-state index contributed by atoms with van der Waals surface area (Å²) in [4.78, 5) is 32.9. The third-order valence-corrected chi connectivity index (χ3v) is 5.65. The average Bonchev–Trinajstić information content (AvgIpc) is 3.16. The van der Waals surface area contributed by atoms with Crippen LogP contribution in [0.4, 0.5) is 4.79 Å². The minimum Gasteiger partial charge on any atom is -0.383 e. The molecule has 28 heavy (non-hydrogen) atoms. The van der Waals surface area contributed by atoms with Gasteiger partial charge in [-0.05, 0) is 19.3 Å². The molecule has 1 aromatic heterocycles. The highest BCUT2D eigenvalue weighted by Gasteiger charge is 2.42. The van der Waals surface area contributed by atoms with Crippen molar-refractivity contribution in [3.05, 3.63) is 11.7 Å². The second-order valence-corrected chi connectivity index (χ2v) is 8.19. The van der Waals surface area contributed by atoms with Crippen LogP contribution in [0.5, 0.6) is 0 Å². The lowest BCUT2D eigenvalue weighted by atomic mass is 9.73. The molecule has 0 aromatic carbocycles. The van der Waals surface area contributed by atoms with Crippen LogP contribution in [0.25, 0.3) is 0 Å². The van der Waals surface area contributed by atoms with Gasteiger partial charge in [-0.2, -0.15) is 4.98 Å². The van der Waals surface area contributed by atoms with Crippen LogP contribution in [-0.2, 0) is 16.1 Å². The van der Waals surface area contributed by atoms with Gasteiger partial charge >= 0.3 is 6.03 Å². The zero-order chi connectivity index (χ0) is 20.1. The van der Waals surface area contributed by atoms with E-state index in [4.69, 9.17) is 9.26 Å². The van der Waals surface area contributed by atoms with E-state index < -0.39 is 0 Å².